The molecule has 4 nitrogen and oxygen atoms in total. The van der Waals surface area contributed by atoms with Crippen molar-refractivity contribution in [2.24, 2.45) is 11.3 Å². The molecular formula is C24H29FN2O2S. The molecule has 1 saturated heterocycles. The molecule has 30 heavy (non-hydrogen) atoms. The van der Waals surface area contributed by atoms with Crippen LogP contribution >= 0.6 is 11.8 Å². The number of hydrogen-bond acceptors (Lipinski definition) is 3. The average Bonchev–Trinajstić information content (AvgIpc) is 3.02. The van der Waals surface area contributed by atoms with Crippen LogP contribution in [0, 0.1) is 17.2 Å². The van der Waals surface area contributed by atoms with Gasteiger partial charge in [-0.2, -0.15) is 0 Å². The van der Waals surface area contributed by atoms with E-state index in [2.05, 4.69) is 33.0 Å². The van der Waals surface area contributed by atoms with Crippen molar-refractivity contribution in [1.82, 2.24) is 0 Å². The first-order valence-corrected chi connectivity index (χ1v) is 11.3. The fourth-order valence-electron chi connectivity index (χ4n) is 3.95. The van der Waals surface area contributed by atoms with Crippen LogP contribution in [-0.2, 0) is 9.59 Å². The number of benzene rings is 2. The third-order valence-electron chi connectivity index (χ3n) is 4.93. The van der Waals surface area contributed by atoms with Gasteiger partial charge >= 0.3 is 0 Å². The SMILES string of the molecule is C[C@@H](CC(=O)Nc1ccc([C@@H]2SCC(=O)N2c2cccc(F)c2)cc1)CC(C)(C)C. The molecule has 6 heteroatoms. The van der Waals surface area contributed by atoms with Crippen LogP contribution in [0.2, 0.25) is 0 Å². The second-order valence-electron chi connectivity index (χ2n) is 9.15. The number of hydrogen-bond donors (Lipinski definition) is 1. The molecule has 0 saturated carbocycles. The molecule has 0 spiro atoms. The van der Waals surface area contributed by atoms with Crippen LogP contribution in [0.4, 0.5) is 15.8 Å². The number of thioether (sulfide) groups is 1. The minimum absolute atomic E-state index is 0.00584. The zero-order chi connectivity index (χ0) is 21.9. The van der Waals surface area contributed by atoms with E-state index in [1.165, 1.54) is 23.9 Å². The molecule has 160 valence electrons. The first-order chi connectivity index (χ1) is 14.1. The summed E-state index contributed by atoms with van der Waals surface area (Å²) in [6.45, 7) is 8.64. The largest absolute Gasteiger partial charge is 0.326 e. The molecule has 2 aromatic rings. The normalized spacial score (nSPS) is 17.8. The molecule has 2 amide bonds. The second kappa shape index (κ2) is 9.21. The number of anilines is 2. The van der Waals surface area contributed by atoms with Crippen molar-refractivity contribution in [3.63, 3.8) is 0 Å². The third kappa shape index (κ3) is 5.85. The summed E-state index contributed by atoms with van der Waals surface area (Å²) in [5.74, 6) is 0.262. The lowest BCUT2D eigenvalue weighted by atomic mass is 9.84. The summed E-state index contributed by atoms with van der Waals surface area (Å²) in [4.78, 5) is 26.4. The maximum absolute atomic E-state index is 13.6. The van der Waals surface area contributed by atoms with Crippen molar-refractivity contribution in [3.05, 3.63) is 59.9 Å². The molecule has 0 radical (unpaired) electrons. The van der Waals surface area contributed by atoms with E-state index >= 15 is 0 Å². The summed E-state index contributed by atoms with van der Waals surface area (Å²) >= 11 is 1.51. The summed E-state index contributed by atoms with van der Waals surface area (Å²) in [5.41, 5.74) is 2.43. The van der Waals surface area contributed by atoms with Gasteiger partial charge in [0.1, 0.15) is 11.2 Å². The Bertz CT molecular complexity index is 908. The van der Waals surface area contributed by atoms with Gasteiger partial charge in [-0.25, -0.2) is 4.39 Å². The van der Waals surface area contributed by atoms with Gasteiger partial charge in [-0.15, -0.1) is 11.8 Å². The Morgan fingerprint density at radius 1 is 1.23 bits per heavy atom. The lowest BCUT2D eigenvalue weighted by Crippen LogP contribution is -2.27. The second-order valence-corrected chi connectivity index (χ2v) is 10.2. The highest BCUT2D eigenvalue weighted by Gasteiger charge is 2.34. The molecule has 0 aromatic heterocycles. The van der Waals surface area contributed by atoms with Gasteiger partial charge in [-0.05, 0) is 53.6 Å². The fourth-order valence-corrected chi connectivity index (χ4v) is 5.13. The van der Waals surface area contributed by atoms with Gasteiger partial charge in [0.15, 0.2) is 0 Å². The number of carbonyl (C=O) groups excluding carboxylic acids is 2. The number of carbonyl (C=O) groups is 2. The highest BCUT2D eigenvalue weighted by molar-refractivity contribution is 8.00. The summed E-state index contributed by atoms with van der Waals surface area (Å²) in [5, 5.41) is 2.75. The van der Waals surface area contributed by atoms with Crippen LogP contribution in [0.3, 0.4) is 0 Å². The average molecular weight is 429 g/mol. The van der Waals surface area contributed by atoms with Crippen LogP contribution in [0.25, 0.3) is 0 Å². The monoisotopic (exact) mass is 428 g/mol. The standard InChI is InChI=1S/C24H29FN2O2S/c1-16(14-24(2,3)4)12-21(28)26-19-10-8-17(9-11-19)23-27(22(29)15-30-23)20-7-5-6-18(25)13-20/h5-11,13,16,23H,12,14-15H2,1-4H3,(H,26,28)/t16-,23-/m0/s1. The van der Waals surface area contributed by atoms with E-state index < -0.39 is 0 Å². The van der Waals surface area contributed by atoms with Gasteiger partial charge in [0, 0.05) is 17.8 Å². The lowest BCUT2D eigenvalue weighted by Gasteiger charge is -2.24. The van der Waals surface area contributed by atoms with Crippen LogP contribution in [0.15, 0.2) is 48.5 Å². The highest BCUT2D eigenvalue weighted by Crippen LogP contribution is 2.42. The highest BCUT2D eigenvalue weighted by atomic mass is 32.2. The summed E-state index contributed by atoms with van der Waals surface area (Å²) in [6, 6.07) is 13.6. The maximum atomic E-state index is 13.6. The van der Waals surface area contributed by atoms with Crippen molar-refractivity contribution < 1.29 is 14.0 Å². The first kappa shape index (κ1) is 22.3. The molecule has 1 fully saturated rings. The van der Waals surface area contributed by atoms with Gasteiger partial charge in [-0.1, -0.05) is 45.9 Å². The molecule has 3 rings (SSSR count). The van der Waals surface area contributed by atoms with Gasteiger partial charge < -0.3 is 5.32 Å². The van der Waals surface area contributed by atoms with Crippen LogP contribution in [-0.4, -0.2) is 17.6 Å². The number of nitrogens with one attached hydrogen (secondary N) is 1. The number of rotatable bonds is 6. The predicted molar refractivity (Wildman–Crippen MR) is 122 cm³/mol. The third-order valence-corrected chi connectivity index (χ3v) is 6.14. The molecule has 0 aliphatic carbocycles. The Hall–Kier alpha value is -2.34. The summed E-state index contributed by atoms with van der Waals surface area (Å²) in [7, 11) is 0. The van der Waals surface area contributed by atoms with Crippen LogP contribution in [0.1, 0.15) is 51.5 Å². The molecule has 1 heterocycles. The van der Waals surface area contributed by atoms with E-state index in [1.807, 2.05) is 24.3 Å². The zero-order valence-corrected chi connectivity index (χ0v) is 18.8. The van der Waals surface area contributed by atoms with Crippen LogP contribution in [0.5, 0.6) is 0 Å². The lowest BCUT2D eigenvalue weighted by molar-refractivity contribution is -0.117. The minimum Gasteiger partial charge on any atom is -0.326 e. The van der Waals surface area contributed by atoms with E-state index in [-0.39, 0.29) is 28.4 Å². The van der Waals surface area contributed by atoms with Crippen molar-refractivity contribution in [2.75, 3.05) is 16.0 Å². The van der Waals surface area contributed by atoms with Gasteiger partial charge in [0.2, 0.25) is 11.8 Å². The molecule has 1 aliphatic heterocycles. The first-order valence-electron chi connectivity index (χ1n) is 10.2. The van der Waals surface area contributed by atoms with Crippen molar-refractivity contribution >= 4 is 35.0 Å². The van der Waals surface area contributed by atoms with E-state index in [9.17, 15) is 14.0 Å². The quantitative estimate of drug-likeness (QED) is 0.613. The molecular weight excluding hydrogens is 399 g/mol. The molecule has 1 N–H and O–H groups in total. The van der Waals surface area contributed by atoms with Gasteiger partial charge in [-0.3, -0.25) is 14.5 Å². The Balaban J connectivity index is 1.66. The number of nitrogens with zero attached hydrogens (tertiary/aromatic N) is 1. The molecule has 0 unspecified atom stereocenters. The molecule has 2 atom stereocenters. The number of halogens is 1. The van der Waals surface area contributed by atoms with Gasteiger partial charge in [0.25, 0.3) is 0 Å². The van der Waals surface area contributed by atoms with Crippen molar-refractivity contribution in [1.29, 1.82) is 0 Å². The van der Waals surface area contributed by atoms with E-state index in [1.54, 1.807) is 17.0 Å². The minimum atomic E-state index is -0.366. The van der Waals surface area contributed by atoms with Crippen molar-refractivity contribution in [3.8, 4) is 0 Å². The molecule has 2 aromatic carbocycles. The Labute approximate surface area is 182 Å². The Morgan fingerprint density at radius 2 is 1.93 bits per heavy atom. The fraction of sp³-hybridized carbons (Fsp3) is 0.417. The zero-order valence-electron chi connectivity index (χ0n) is 17.9. The topological polar surface area (TPSA) is 49.4 Å². The predicted octanol–water partition coefficient (Wildman–Crippen LogP) is 6.01. The van der Waals surface area contributed by atoms with Crippen LogP contribution < -0.4 is 10.2 Å². The van der Waals surface area contributed by atoms with Gasteiger partial charge in [0.05, 0.1) is 5.75 Å². The smallest absolute Gasteiger partial charge is 0.238 e. The van der Waals surface area contributed by atoms with E-state index in [4.69, 9.17) is 0 Å². The van der Waals surface area contributed by atoms with E-state index in [0.29, 0.717) is 23.8 Å². The molecule has 0 bridgehead atoms. The Morgan fingerprint density at radius 3 is 2.57 bits per heavy atom. The van der Waals surface area contributed by atoms with Crippen molar-refractivity contribution in [2.45, 2.75) is 45.9 Å². The molecule has 1 aliphatic rings. The summed E-state index contributed by atoms with van der Waals surface area (Å²) < 4.78 is 13.6. The Kier molecular flexibility index (Phi) is 6.86. The summed E-state index contributed by atoms with van der Waals surface area (Å²) in [6.07, 6.45) is 1.47. The van der Waals surface area contributed by atoms with E-state index in [0.717, 1.165) is 17.7 Å². The maximum Gasteiger partial charge on any atom is 0.238 e. The number of amides is 2.